The van der Waals surface area contributed by atoms with Gasteiger partial charge in [0.05, 0.1) is 10.5 Å². The second-order valence-corrected chi connectivity index (χ2v) is 3.89. The Morgan fingerprint density at radius 1 is 1.26 bits per heavy atom. The topological polar surface area (TPSA) is 91.8 Å². The molecule has 1 aromatic carbocycles. The molecule has 6 heteroatoms. The van der Waals surface area contributed by atoms with E-state index in [1.54, 1.807) is 24.3 Å². The fourth-order valence-corrected chi connectivity index (χ4v) is 1.55. The Morgan fingerprint density at radius 3 is 2.53 bits per heavy atom. The number of nitrogens with zero attached hydrogens (tertiary/aromatic N) is 3. The summed E-state index contributed by atoms with van der Waals surface area (Å²) in [5.74, 6) is 0.441. The molecule has 0 amide bonds. The van der Waals surface area contributed by atoms with Crippen molar-refractivity contribution in [2.24, 2.45) is 0 Å². The van der Waals surface area contributed by atoms with Gasteiger partial charge in [-0.15, -0.1) is 0 Å². The van der Waals surface area contributed by atoms with Crippen LogP contribution in [0.4, 0.5) is 17.2 Å². The Hall–Kier alpha value is -2.94. The van der Waals surface area contributed by atoms with Crippen LogP contribution in [0.15, 0.2) is 36.4 Å². The van der Waals surface area contributed by atoms with Crippen LogP contribution < -0.4 is 5.32 Å². The van der Waals surface area contributed by atoms with Gasteiger partial charge < -0.3 is 5.32 Å². The molecule has 0 aliphatic heterocycles. The standard InChI is InChI=1S/C13H10N4O2/c1-9-2-3-10(8-14)13(15-9)16-11-4-6-12(7-5-11)17(18)19/h2-7H,1H3,(H,15,16). The van der Waals surface area contributed by atoms with Crippen molar-refractivity contribution in [3.63, 3.8) is 0 Å². The summed E-state index contributed by atoms with van der Waals surface area (Å²) in [5, 5.41) is 22.5. The van der Waals surface area contributed by atoms with Gasteiger partial charge in [-0.25, -0.2) is 4.98 Å². The monoisotopic (exact) mass is 254 g/mol. The summed E-state index contributed by atoms with van der Waals surface area (Å²) in [5.41, 5.74) is 1.86. The number of aryl methyl sites for hydroxylation is 1. The summed E-state index contributed by atoms with van der Waals surface area (Å²) in [7, 11) is 0. The third-order valence-electron chi connectivity index (χ3n) is 2.50. The largest absolute Gasteiger partial charge is 0.339 e. The molecule has 0 radical (unpaired) electrons. The molecule has 2 rings (SSSR count). The number of hydrogen-bond donors (Lipinski definition) is 1. The predicted molar refractivity (Wildman–Crippen MR) is 70.1 cm³/mol. The molecule has 1 N–H and O–H groups in total. The molecule has 0 bridgehead atoms. The fourth-order valence-electron chi connectivity index (χ4n) is 1.55. The molecule has 19 heavy (non-hydrogen) atoms. The van der Waals surface area contributed by atoms with E-state index in [1.807, 2.05) is 13.0 Å². The SMILES string of the molecule is Cc1ccc(C#N)c(Nc2ccc([N+](=O)[O-])cc2)n1. The third kappa shape index (κ3) is 2.84. The number of nitro benzene ring substituents is 1. The number of aromatic nitrogens is 1. The maximum atomic E-state index is 10.5. The van der Waals surface area contributed by atoms with Crippen LogP contribution in [0.3, 0.4) is 0 Å². The minimum Gasteiger partial charge on any atom is -0.339 e. The molecule has 2 aromatic rings. The van der Waals surface area contributed by atoms with Gasteiger partial charge in [0, 0.05) is 23.5 Å². The van der Waals surface area contributed by atoms with Gasteiger partial charge in [0.1, 0.15) is 11.9 Å². The Bertz CT molecular complexity index is 659. The first-order valence-electron chi connectivity index (χ1n) is 5.49. The summed E-state index contributed by atoms with van der Waals surface area (Å²) in [6, 6.07) is 11.4. The van der Waals surface area contributed by atoms with Gasteiger partial charge in [0.25, 0.3) is 5.69 Å². The van der Waals surface area contributed by atoms with Crippen LogP contribution in [-0.2, 0) is 0 Å². The molecular weight excluding hydrogens is 244 g/mol. The van der Waals surface area contributed by atoms with Gasteiger partial charge in [-0.3, -0.25) is 10.1 Å². The smallest absolute Gasteiger partial charge is 0.269 e. The average Bonchev–Trinajstić information content (AvgIpc) is 2.39. The molecule has 6 nitrogen and oxygen atoms in total. The second-order valence-electron chi connectivity index (χ2n) is 3.89. The summed E-state index contributed by atoms with van der Waals surface area (Å²) >= 11 is 0. The third-order valence-corrected chi connectivity index (χ3v) is 2.50. The highest BCUT2D eigenvalue weighted by molar-refractivity contribution is 5.63. The number of nitriles is 1. The molecule has 94 valence electrons. The molecule has 1 aromatic heterocycles. The maximum absolute atomic E-state index is 10.5. The number of non-ortho nitro benzene ring substituents is 1. The van der Waals surface area contributed by atoms with Crippen LogP contribution in [0.5, 0.6) is 0 Å². The van der Waals surface area contributed by atoms with Crippen molar-refractivity contribution < 1.29 is 4.92 Å². The summed E-state index contributed by atoms with van der Waals surface area (Å²) < 4.78 is 0. The van der Waals surface area contributed by atoms with Crippen molar-refractivity contribution in [2.45, 2.75) is 6.92 Å². The first-order chi connectivity index (χ1) is 9.10. The van der Waals surface area contributed by atoms with Crippen LogP contribution in [0, 0.1) is 28.4 Å². The van der Waals surface area contributed by atoms with Crippen molar-refractivity contribution in [3.05, 3.63) is 57.8 Å². The highest BCUT2D eigenvalue weighted by Crippen LogP contribution is 2.21. The summed E-state index contributed by atoms with van der Waals surface area (Å²) in [6.07, 6.45) is 0. The van der Waals surface area contributed by atoms with E-state index in [4.69, 9.17) is 5.26 Å². The van der Waals surface area contributed by atoms with Crippen molar-refractivity contribution in [1.29, 1.82) is 5.26 Å². The molecule has 0 saturated heterocycles. The zero-order valence-corrected chi connectivity index (χ0v) is 10.1. The van der Waals surface area contributed by atoms with Crippen molar-refractivity contribution in [2.75, 3.05) is 5.32 Å². The zero-order chi connectivity index (χ0) is 13.8. The zero-order valence-electron chi connectivity index (χ0n) is 10.1. The lowest BCUT2D eigenvalue weighted by Gasteiger charge is -2.07. The van der Waals surface area contributed by atoms with Crippen molar-refractivity contribution >= 4 is 17.2 Å². The lowest BCUT2D eigenvalue weighted by molar-refractivity contribution is -0.384. The van der Waals surface area contributed by atoms with E-state index >= 15 is 0 Å². The highest BCUT2D eigenvalue weighted by Gasteiger charge is 2.07. The summed E-state index contributed by atoms with van der Waals surface area (Å²) in [6.45, 7) is 1.82. The highest BCUT2D eigenvalue weighted by atomic mass is 16.6. The first-order valence-corrected chi connectivity index (χ1v) is 5.49. The minimum absolute atomic E-state index is 0.0169. The van der Waals surface area contributed by atoms with E-state index in [-0.39, 0.29) is 5.69 Å². The molecule has 0 atom stereocenters. The number of nitrogens with one attached hydrogen (secondary N) is 1. The van der Waals surface area contributed by atoms with E-state index < -0.39 is 4.92 Å². The predicted octanol–water partition coefficient (Wildman–Crippen LogP) is 2.91. The molecular formula is C13H10N4O2. The summed E-state index contributed by atoms with van der Waals surface area (Å²) in [4.78, 5) is 14.3. The first kappa shape index (κ1) is 12.5. The Kier molecular flexibility index (Phi) is 3.39. The Balaban J connectivity index is 2.28. The number of nitro groups is 1. The lowest BCUT2D eigenvalue weighted by atomic mass is 10.2. The molecule has 0 unspecified atom stereocenters. The van der Waals surface area contributed by atoms with E-state index in [9.17, 15) is 10.1 Å². The van der Waals surface area contributed by atoms with E-state index in [2.05, 4.69) is 10.3 Å². The molecule has 0 aliphatic carbocycles. The lowest BCUT2D eigenvalue weighted by Crippen LogP contribution is -1.98. The van der Waals surface area contributed by atoms with Crippen LogP contribution >= 0.6 is 0 Å². The van der Waals surface area contributed by atoms with Crippen LogP contribution in [0.1, 0.15) is 11.3 Å². The Morgan fingerprint density at radius 2 is 1.95 bits per heavy atom. The molecule has 1 heterocycles. The van der Waals surface area contributed by atoms with Gasteiger partial charge in [-0.1, -0.05) is 0 Å². The van der Waals surface area contributed by atoms with Crippen molar-refractivity contribution in [1.82, 2.24) is 4.98 Å². The number of anilines is 2. The van der Waals surface area contributed by atoms with Gasteiger partial charge in [-0.05, 0) is 31.2 Å². The Labute approximate surface area is 109 Å². The van der Waals surface area contributed by atoms with E-state index in [1.165, 1.54) is 12.1 Å². The average molecular weight is 254 g/mol. The van der Waals surface area contributed by atoms with Gasteiger partial charge in [0.2, 0.25) is 0 Å². The molecule has 0 saturated carbocycles. The minimum atomic E-state index is -0.463. The maximum Gasteiger partial charge on any atom is 0.269 e. The van der Waals surface area contributed by atoms with Crippen LogP contribution in [0.25, 0.3) is 0 Å². The van der Waals surface area contributed by atoms with E-state index in [0.29, 0.717) is 17.1 Å². The van der Waals surface area contributed by atoms with E-state index in [0.717, 1.165) is 5.69 Å². The second kappa shape index (κ2) is 5.14. The molecule has 0 fully saturated rings. The van der Waals surface area contributed by atoms with Crippen molar-refractivity contribution in [3.8, 4) is 6.07 Å². The molecule has 0 spiro atoms. The number of hydrogen-bond acceptors (Lipinski definition) is 5. The van der Waals surface area contributed by atoms with Gasteiger partial charge in [-0.2, -0.15) is 5.26 Å². The quantitative estimate of drug-likeness (QED) is 0.671. The van der Waals surface area contributed by atoms with Crippen LogP contribution in [-0.4, -0.2) is 9.91 Å². The molecule has 0 aliphatic rings. The number of rotatable bonds is 3. The van der Waals surface area contributed by atoms with Gasteiger partial charge >= 0.3 is 0 Å². The van der Waals surface area contributed by atoms with Gasteiger partial charge in [0.15, 0.2) is 0 Å². The fraction of sp³-hybridized carbons (Fsp3) is 0.0769. The number of benzene rings is 1. The normalized spacial score (nSPS) is 9.68. The number of pyridine rings is 1. The van der Waals surface area contributed by atoms with Crippen LogP contribution in [0.2, 0.25) is 0 Å².